The molecule has 2 aromatic heterocycles. The maximum Gasteiger partial charge on any atom is 0.145 e. The highest BCUT2D eigenvalue weighted by molar-refractivity contribution is 5.14. The van der Waals surface area contributed by atoms with Crippen molar-refractivity contribution < 1.29 is 9.13 Å². The molecule has 6 nitrogen and oxygen atoms in total. The Morgan fingerprint density at radius 3 is 2.89 bits per heavy atom. The van der Waals surface area contributed by atoms with Crippen molar-refractivity contribution in [1.82, 2.24) is 24.9 Å². The molecule has 1 fully saturated rings. The van der Waals surface area contributed by atoms with Crippen LogP contribution in [0.5, 0.6) is 0 Å². The normalized spacial score (nSPS) is 17.4. The van der Waals surface area contributed by atoms with Crippen molar-refractivity contribution in [2.75, 3.05) is 13.1 Å². The summed E-state index contributed by atoms with van der Waals surface area (Å²) in [4.78, 5) is 6.03. The third kappa shape index (κ3) is 4.56. The van der Waals surface area contributed by atoms with Gasteiger partial charge in [-0.2, -0.15) is 0 Å². The number of hydrogen-bond acceptors (Lipinski definition) is 5. The zero-order valence-corrected chi connectivity index (χ0v) is 15.0. The predicted octanol–water partition coefficient (Wildman–Crippen LogP) is 2.98. The molecule has 0 aliphatic carbocycles. The number of hydrogen-bond donors (Lipinski definition) is 0. The molecule has 0 unspecified atom stereocenters. The second-order valence-electron chi connectivity index (χ2n) is 6.81. The van der Waals surface area contributed by atoms with E-state index in [2.05, 4.69) is 20.2 Å². The van der Waals surface area contributed by atoms with E-state index < -0.39 is 0 Å². The van der Waals surface area contributed by atoms with Gasteiger partial charge in [0, 0.05) is 31.4 Å². The van der Waals surface area contributed by atoms with Crippen molar-refractivity contribution >= 4 is 0 Å². The average Bonchev–Trinajstić information content (AvgIpc) is 3.34. The summed E-state index contributed by atoms with van der Waals surface area (Å²) < 4.78 is 21.4. The van der Waals surface area contributed by atoms with Crippen molar-refractivity contribution in [3.8, 4) is 0 Å². The molecule has 1 saturated heterocycles. The third-order valence-corrected chi connectivity index (χ3v) is 4.79. The number of halogens is 1. The van der Waals surface area contributed by atoms with Crippen molar-refractivity contribution in [3.63, 3.8) is 0 Å². The first-order chi connectivity index (χ1) is 13.3. The highest BCUT2D eigenvalue weighted by Crippen LogP contribution is 2.23. The monoisotopic (exact) mass is 367 g/mol. The molecule has 3 heterocycles. The fraction of sp³-hybridized carbons (Fsp3) is 0.350. The number of likely N-dealkylation sites (tertiary alicyclic amines) is 1. The molecule has 1 atom stereocenters. The first-order valence-corrected chi connectivity index (χ1v) is 9.11. The number of benzene rings is 1. The summed E-state index contributed by atoms with van der Waals surface area (Å²) in [6, 6.07) is 12.1. The van der Waals surface area contributed by atoms with Crippen LogP contribution in [0.1, 0.15) is 29.3 Å². The van der Waals surface area contributed by atoms with Crippen molar-refractivity contribution in [3.05, 3.63) is 77.6 Å². The summed E-state index contributed by atoms with van der Waals surface area (Å²) in [6.07, 6.45) is 5.82. The number of pyridine rings is 1. The standard InChI is InChI=1S/C20H22FN5O/c21-20-10-22-8-6-17(20)11-25-9-7-19(13-25)26-12-18(23-24-26)15-27-14-16-4-2-1-3-5-16/h1-6,8,10,12,19H,7,9,11,13-15H2/t19-/m0/s1. The lowest BCUT2D eigenvalue weighted by Gasteiger charge is -2.16. The van der Waals surface area contributed by atoms with Gasteiger partial charge in [-0.05, 0) is 18.1 Å². The van der Waals surface area contributed by atoms with Crippen LogP contribution in [0, 0.1) is 5.82 Å². The Morgan fingerprint density at radius 1 is 1.15 bits per heavy atom. The largest absolute Gasteiger partial charge is 0.370 e. The van der Waals surface area contributed by atoms with E-state index >= 15 is 0 Å². The van der Waals surface area contributed by atoms with E-state index in [1.807, 2.05) is 41.2 Å². The van der Waals surface area contributed by atoms with Crippen LogP contribution in [0.3, 0.4) is 0 Å². The molecule has 0 bridgehead atoms. The zero-order valence-electron chi connectivity index (χ0n) is 15.0. The molecule has 0 radical (unpaired) electrons. The maximum absolute atomic E-state index is 13.8. The van der Waals surface area contributed by atoms with Crippen molar-refractivity contribution in [2.45, 2.75) is 32.2 Å². The smallest absolute Gasteiger partial charge is 0.145 e. The quantitative estimate of drug-likeness (QED) is 0.643. The minimum Gasteiger partial charge on any atom is -0.370 e. The number of aromatic nitrogens is 4. The van der Waals surface area contributed by atoms with E-state index in [0.29, 0.717) is 25.3 Å². The highest BCUT2D eigenvalue weighted by atomic mass is 19.1. The Morgan fingerprint density at radius 2 is 2.04 bits per heavy atom. The third-order valence-electron chi connectivity index (χ3n) is 4.79. The summed E-state index contributed by atoms with van der Waals surface area (Å²) in [6.45, 7) is 3.32. The van der Waals surface area contributed by atoms with Crippen LogP contribution in [-0.2, 0) is 24.5 Å². The molecule has 4 rings (SSSR count). The lowest BCUT2D eigenvalue weighted by atomic mass is 10.2. The summed E-state index contributed by atoms with van der Waals surface area (Å²) >= 11 is 0. The first-order valence-electron chi connectivity index (χ1n) is 9.11. The van der Waals surface area contributed by atoms with Gasteiger partial charge in [0.1, 0.15) is 11.5 Å². The van der Waals surface area contributed by atoms with Gasteiger partial charge in [-0.3, -0.25) is 9.88 Å². The van der Waals surface area contributed by atoms with Gasteiger partial charge in [-0.15, -0.1) is 5.10 Å². The van der Waals surface area contributed by atoms with Gasteiger partial charge in [0.05, 0.1) is 31.6 Å². The Hall–Kier alpha value is -2.64. The summed E-state index contributed by atoms with van der Waals surface area (Å²) in [5, 5.41) is 8.48. The molecular weight excluding hydrogens is 345 g/mol. The minimum atomic E-state index is -0.250. The van der Waals surface area contributed by atoms with E-state index in [1.54, 1.807) is 12.3 Å². The van der Waals surface area contributed by atoms with Crippen LogP contribution in [0.15, 0.2) is 55.0 Å². The van der Waals surface area contributed by atoms with Crippen LogP contribution in [0.2, 0.25) is 0 Å². The summed E-state index contributed by atoms with van der Waals surface area (Å²) in [7, 11) is 0. The number of rotatable bonds is 7. The molecule has 1 aromatic carbocycles. The Kier molecular flexibility index (Phi) is 5.50. The second-order valence-corrected chi connectivity index (χ2v) is 6.81. The lowest BCUT2D eigenvalue weighted by molar-refractivity contribution is 0.104. The molecule has 0 N–H and O–H groups in total. The van der Waals surface area contributed by atoms with E-state index in [1.165, 1.54) is 6.20 Å². The van der Waals surface area contributed by atoms with E-state index in [9.17, 15) is 4.39 Å². The van der Waals surface area contributed by atoms with Gasteiger partial charge in [0.25, 0.3) is 0 Å². The molecule has 27 heavy (non-hydrogen) atoms. The van der Waals surface area contributed by atoms with Gasteiger partial charge >= 0.3 is 0 Å². The summed E-state index contributed by atoms with van der Waals surface area (Å²) in [5.74, 6) is -0.250. The van der Waals surface area contributed by atoms with Gasteiger partial charge in [0.15, 0.2) is 0 Å². The lowest BCUT2D eigenvalue weighted by Crippen LogP contribution is -2.22. The molecule has 0 spiro atoms. The number of nitrogens with zero attached hydrogens (tertiary/aromatic N) is 5. The van der Waals surface area contributed by atoms with Crippen molar-refractivity contribution in [2.24, 2.45) is 0 Å². The van der Waals surface area contributed by atoms with Gasteiger partial charge in [-0.1, -0.05) is 35.5 Å². The van der Waals surface area contributed by atoms with E-state index in [-0.39, 0.29) is 11.9 Å². The highest BCUT2D eigenvalue weighted by Gasteiger charge is 2.25. The number of ether oxygens (including phenoxy) is 1. The molecule has 140 valence electrons. The van der Waals surface area contributed by atoms with Gasteiger partial charge in [-0.25, -0.2) is 9.07 Å². The fourth-order valence-corrected chi connectivity index (χ4v) is 3.35. The minimum absolute atomic E-state index is 0.250. The SMILES string of the molecule is Fc1cnccc1CN1CC[C@H](n2cc(COCc3ccccc3)nn2)C1. The molecule has 0 saturated carbocycles. The Labute approximate surface area is 157 Å². The second kappa shape index (κ2) is 8.37. The Balaban J connectivity index is 1.28. The molecule has 1 aliphatic heterocycles. The Bertz CT molecular complexity index is 870. The van der Waals surface area contributed by atoms with Gasteiger partial charge in [0.2, 0.25) is 0 Å². The predicted molar refractivity (Wildman–Crippen MR) is 98.1 cm³/mol. The molecular formula is C20H22FN5O. The van der Waals surface area contributed by atoms with E-state index in [4.69, 9.17) is 4.74 Å². The van der Waals surface area contributed by atoms with Gasteiger partial charge < -0.3 is 4.74 Å². The van der Waals surface area contributed by atoms with Crippen LogP contribution >= 0.6 is 0 Å². The van der Waals surface area contributed by atoms with Crippen LogP contribution in [-0.4, -0.2) is 38.0 Å². The van der Waals surface area contributed by atoms with Crippen molar-refractivity contribution in [1.29, 1.82) is 0 Å². The first kappa shape index (κ1) is 17.8. The average molecular weight is 367 g/mol. The van der Waals surface area contributed by atoms with Crippen LogP contribution in [0.4, 0.5) is 4.39 Å². The fourth-order valence-electron chi connectivity index (χ4n) is 3.35. The maximum atomic E-state index is 13.8. The molecule has 0 amide bonds. The topological polar surface area (TPSA) is 56.1 Å². The molecule has 3 aromatic rings. The van der Waals surface area contributed by atoms with Crippen LogP contribution in [0.25, 0.3) is 0 Å². The van der Waals surface area contributed by atoms with Crippen LogP contribution < -0.4 is 0 Å². The summed E-state index contributed by atoms with van der Waals surface area (Å²) in [5.41, 5.74) is 2.64. The molecule has 1 aliphatic rings. The van der Waals surface area contributed by atoms with E-state index in [0.717, 1.165) is 30.8 Å². The molecule has 7 heteroatoms. The zero-order chi connectivity index (χ0) is 18.5.